The fraction of sp³-hybridized carbons (Fsp3) is 0.375. The molecule has 0 amide bonds. The van der Waals surface area contributed by atoms with Gasteiger partial charge in [0.15, 0.2) is 0 Å². The molecule has 0 N–H and O–H groups in total. The maximum atomic E-state index is 14.3. The number of Topliss-reactive ketones (excluding diaryl/α,β-unsaturated/α-hetero) is 2. The number of carbonyl (C=O) groups excluding carboxylic acids is 2. The minimum absolute atomic E-state index is 0.0452. The summed E-state index contributed by atoms with van der Waals surface area (Å²) in [5.74, 6) is 3.47. The molecule has 0 atom stereocenters. The van der Waals surface area contributed by atoms with Crippen LogP contribution in [-0.2, 0) is 9.59 Å². The number of halogens is 1. The van der Waals surface area contributed by atoms with Gasteiger partial charge in [-0.3, -0.25) is 9.59 Å². The van der Waals surface area contributed by atoms with Gasteiger partial charge in [-0.15, -0.1) is 5.92 Å². The first-order chi connectivity index (χ1) is 9.58. The third-order valence-corrected chi connectivity index (χ3v) is 3.36. The molecule has 1 saturated carbocycles. The van der Waals surface area contributed by atoms with Gasteiger partial charge in [-0.05, 0) is 25.5 Å². The Labute approximate surface area is 117 Å². The molecule has 0 aromatic heterocycles. The van der Waals surface area contributed by atoms with Gasteiger partial charge in [0.05, 0.1) is 7.11 Å². The minimum Gasteiger partial charge on any atom is -0.496 e. The first-order valence-electron chi connectivity index (χ1n) is 6.44. The van der Waals surface area contributed by atoms with Crippen molar-refractivity contribution in [3.05, 3.63) is 29.1 Å². The van der Waals surface area contributed by atoms with E-state index in [0.717, 1.165) is 0 Å². The lowest BCUT2D eigenvalue weighted by atomic mass is 9.81. The molecular weight excluding hydrogens is 259 g/mol. The van der Waals surface area contributed by atoms with Crippen LogP contribution in [0.2, 0.25) is 0 Å². The van der Waals surface area contributed by atoms with Gasteiger partial charge < -0.3 is 4.74 Å². The normalized spacial score (nSPS) is 15.8. The standard InChI is InChI=1S/C16H15FO3/c1-3-5-10-8-11(17)15(14(9-10)20-2)16-12(18)6-4-7-13(16)19/h8-9,16H,4,6-7H2,1-2H3. The SMILES string of the molecule is CC#Cc1cc(F)c(C2C(=O)CCCC2=O)c(OC)c1. The molecule has 2 rings (SSSR count). The van der Waals surface area contributed by atoms with Gasteiger partial charge in [-0.2, -0.15) is 0 Å². The summed E-state index contributed by atoms with van der Waals surface area (Å²) in [6.45, 7) is 1.65. The van der Waals surface area contributed by atoms with Crippen LogP contribution in [0.1, 0.15) is 43.2 Å². The Morgan fingerprint density at radius 2 is 1.90 bits per heavy atom. The maximum Gasteiger partial charge on any atom is 0.148 e. The Morgan fingerprint density at radius 1 is 1.25 bits per heavy atom. The lowest BCUT2D eigenvalue weighted by Crippen LogP contribution is -2.27. The smallest absolute Gasteiger partial charge is 0.148 e. The molecule has 1 aromatic rings. The average molecular weight is 274 g/mol. The quantitative estimate of drug-likeness (QED) is 0.615. The van der Waals surface area contributed by atoms with Crippen molar-refractivity contribution in [1.29, 1.82) is 0 Å². The van der Waals surface area contributed by atoms with Crippen LogP contribution in [0.4, 0.5) is 4.39 Å². The molecule has 0 spiro atoms. The van der Waals surface area contributed by atoms with Gasteiger partial charge in [0.2, 0.25) is 0 Å². The summed E-state index contributed by atoms with van der Waals surface area (Å²) in [6, 6.07) is 2.80. The maximum absolute atomic E-state index is 14.3. The summed E-state index contributed by atoms with van der Waals surface area (Å²) in [5, 5.41) is 0. The Hall–Kier alpha value is -2.15. The molecule has 0 unspecified atom stereocenters. The van der Waals surface area contributed by atoms with Gasteiger partial charge >= 0.3 is 0 Å². The first kappa shape index (κ1) is 14.3. The molecule has 1 fully saturated rings. The Balaban J connectivity index is 2.57. The second kappa shape index (κ2) is 5.87. The largest absolute Gasteiger partial charge is 0.496 e. The van der Waals surface area contributed by atoms with E-state index in [0.29, 0.717) is 24.8 Å². The van der Waals surface area contributed by atoms with Crippen molar-refractivity contribution in [3.8, 4) is 17.6 Å². The van der Waals surface area contributed by atoms with Crippen LogP contribution in [0, 0.1) is 17.7 Å². The molecule has 3 nitrogen and oxygen atoms in total. The third-order valence-electron chi connectivity index (χ3n) is 3.36. The van der Waals surface area contributed by atoms with E-state index in [-0.39, 0.29) is 22.9 Å². The van der Waals surface area contributed by atoms with Crippen LogP contribution in [0.5, 0.6) is 5.75 Å². The van der Waals surface area contributed by atoms with Gasteiger partial charge in [0.1, 0.15) is 29.1 Å². The summed E-state index contributed by atoms with van der Waals surface area (Å²) in [5.41, 5.74) is 0.505. The van der Waals surface area contributed by atoms with E-state index in [1.54, 1.807) is 13.0 Å². The summed E-state index contributed by atoms with van der Waals surface area (Å²) >= 11 is 0. The molecule has 0 bridgehead atoms. The Kier molecular flexibility index (Phi) is 4.19. The fourth-order valence-corrected chi connectivity index (χ4v) is 2.49. The molecule has 0 saturated heterocycles. The number of carbonyl (C=O) groups is 2. The number of hydrogen-bond acceptors (Lipinski definition) is 3. The van der Waals surface area contributed by atoms with Gasteiger partial charge in [-0.1, -0.05) is 5.92 Å². The van der Waals surface area contributed by atoms with Crippen molar-refractivity contribution in [2.45, 2.75) is 32.1 Å². The number of hydrogen-bond donors (Lipinski definition) is 0. The van der Waals surface area contributed by atoms with E-state index in [1.807, 2.05) is 0 Å². The fourth-order valence-electron chi connectivity index (χ4n) is 2.49. The lowest BCUT2D eigenvalue weighted by Gasteiger charge is -2.22. The molecule has 1 aliphatic rings. The molecule has 4 heteroatoms. The summed E-state index contributed by atoms with van der Waals surface area (Å²) < 4.78 is 19.5. The Morgan fingerprint density at radius 3 is 2.45 bits per heavy atom. The summed E-state index contributed by atoms with van der Waals surface area (Å²) in [6.07, 6.45) is 1.14. The molecule has 104 valence electrons. The van der Waals surface area contributed by atoms with Crippen molar-refractivity contribution in [2.75, 3.05) is 7.11 Å². The molecular formula is C16H15FO3. The van der Waals surface area contributed by atoms with Crippen LogP contribution in [0.25, 0.3) is 0 Å². The second-order valence-corrected chi connectivity index (χ2v) is 4.67. The van der Waals surface area contributed by atoms with E-state index in [4.69, 9.17) is 4.74 Å². The van der Waals surface area contributed by atoms with Crippen LogP contribution >= 0.6 is 0 Å². The third kappa shape index (κ3) is 2.57. The predicted octanol–water partition coefficient (Wildman–Crippen LogP) is 2.61. The molecule has 0 aliphatic heterocycles. The predicted molar refractivity (Wildman–Crippen MR) is 72.1 cm³/mol. The zero-order chi connectivity index (χ0) is 14.7. The lowest BCUT2D eigenvalue weighted by molar-refractivity contribution is -0.131. The molecule has 0 heterocycles. The van der Waals surface area contributed by atoms with Crippen LogP contribution < -0.4 is 4.74 Å². The number of ketones is 2. The van der Waals surface area contributed by atoms with Crippen LogP contribution in [0.3, 0.4) is 0 Å². The summed E-state index contributed by atoms with van der Waals surface area (Å²) in [4.78, 5) is 23.9. The highest BCUT2D eigenvalue weighted by Gasteiger charge is 2.35. The number of rotatable bonds is 2. The number of ether oxygens (including phenoxy) is 1. The minimum atomic E-state index is -1.04. The van der Waals surface area contributed by atoms with E-state index in [9.17, 15) is 14.0 Å². The van der Waals surface area contributed by atoms with Crippen molar-refractivity contribution in [3.63, 3.8) is 0 Å². The van der Waals surface area contributed by atoms with Gasteiger partial charge in [0.25, 0.3) is 0 Å². The van der Waals surface area contributed by atoms with E-state index in [1.165, 1.54) is 13.2 Å². The first-order valence-corrected chi connectivity index (χ1v) is 6.44. The van der Waals surface area contributed by atoms with Crippen molar-refractivity contribution >= 4 is 11.6 Å². The zero-order valence-electron chi connectivity index (χ0n) is 11.5. The van der Waals surface area contributed by atoms with Gasteiger partial charge in [0, 0.05) is 24.0 Å². The van der Waals surface area contributed by atoms with Gasteiger partial charge in [-0.25, -0.2) is 4.39 Å². The van der Waals surface area contributed by atoms with Crippen molar-refractivity contribution < 1.29 is 18.7 Å². The van der Waals surface area contributed by atoms with E-state index >= 15 is 0 Å². The van der Waals surface area contributed by atoms with E-state index in [2.05, 4.69) is 11.8 Å². The summed E-state index contributed by atoms with van der Waals surface area (Å²) in [7, 11) is 1.39. The zero-order valence-corrected chi connectivity index (χ0v) is 11.5. The number of methoxy groups -OCH3 is 1. The topological polar surface area (TPSA) is 43.4 Å². The highest BCUT2D eigenvalue weighted by Crippen LogP contribution is 2.35. The molecule has 1 aromatic carbocycles. The average Bonchev–Trinajstić information content (AvgIpc) is 2.40. The highest BCUT2D eigenvalue weighted by atomic mass is 19.1. The van der Waals surface area contributed by atoms with Crippen molar-refractivity contribution in [2.24, 2.45) is 0 Å². The van der Waals surface area contributed by atoms with E-state index < -0.39 is 11.7 Å². The number of benzene rings is 1. The monoisotopic (exact) mass is 274 g/mol. The Bertz CT molecular complexity index is 607. The second-order valence-electron chi connectivity index (χ2n) is 4.67. The molecule has 0 radical (unpaired) electrons. The highest BCUT2D eigenvalue weighted by molar-refractivity contribution is 6.09. The molecule has 20 heavy (non-hydrogen) atoms. The van der Waals surface area contributed by atoms with Crippen LogP contribution in [0.15, 0.2) is 12.1 Å². The van der Waals surface area contributed by atoms with Crippen molar-refractivity contribution in [1.82, 2.24) is 0 Å². The van der Waals surface area contributed by atoms with Crippen LogP contribution in [-0.4, -0.2) is 18.7 Å². The molecule has 1 aliphatic carbocycles.